The first kappa shape index (κ1) is 15.0. The summed E-state index contributed by atoms with van der Waals surface area (Å²) >= 11 is 5.99. The number of hydrogen-bond donors (Lipinski definition) is 1. The van der Waals surface area contributed by atoms with Crippen molar-refractivity contribution in [1.29, 1.82) is 0 Å². The van der Waals surface area contributed by atoms with Gasteiger partial charge in [0.2, 0.25) is 0 Å². The number of halogens is 2. The second-order valence-electron chi connectivity index (χ2n) is 4.88. The van der Waals surface area contributed by atoms with Crippen LogP contribution in [0.3, 0.4) is 0 Å². The van der Waals surface area contributed by atoms with E-state index < -0.39 is 0 Å². The van der Waals surface area contributed by atoms with Gasteiger partial charge in [-0.2, -0.15) is 0 Å². The molecule has 2 rings (SSSR count). The van der Waals surface area contributed by atoms with E-state index in [1.54, 1.807) is 12.1 Å². The van der Waals surface area contributed by atoms with Crippen molar-refractivity contribution >= 4 is 11.6 Å². The fourth-order valence-electron chi connectivity index (χ4n) is 2.45. The molecule has 106 valence electrons. The van der Waals surface area contributed by atoms with Crippen LogP contribution in [0.1, 0.15) is 36.1 Å². The minimum absolute atomic E-state index is 0.189. The van der Waals surface area contributed by atoms with Gasteiger partial charge in [0.1, 0.15) is 5.82 Å². The summed E-state index contributed by atoms with van der Waals surface area (Å²) in [7, 11) is 1.83. The lowest BCUT2D eigenvalue weighted by atomic mass is 9.96. The Labute approximate surface area is 124 Å². The summed E-state index contributed by atoms with van der Waals surface area (Å²) in [5, 5.41) is 3.72. The molecule has 0 saturated carbocycles. The third-order valence-electron chi connectivity index (χ3n) is 3.38. The van der Waals surface area contributed by atoms with E-state index >= 15 is 0 Å². The van der Waals surface area contributed by atoms with Gasteiger partial charge in [-0.05, 0) is 42.8 Å². The van der Waals surface area contributed by atoms with Crippen LogP contribution >= 0.6 is 11.6 Å². The first-order valence-electron chi connectivity index (χ1n) is 6.86. The molecule has 0 amide bonds. The van der Waals surface area contributed by atoms with E-state index in [4.69, 9.17) is 11.6 Å². The van der Waals surface area contributed by atoms with Gasteiger partial charge < -0.3 is 5.32 Å². The molecule has 0 aromatic heterocycles. The van der Waals surface area contributed by atoms with Crippen LogP contribution in [0, 0.1) is 5.82 Å². The zero-order valence-corrected chi connectivity index (χ0v) is 12.5. The lowest BCUT2D eigenvalue weighted by molar-refractivity contribution is 0.576. The molecular weight excluding hydrogens is 273 g/mol. The molecule has 0 aliphatic carbocycles. The highest BCUT2D eigenvalue weighted by Crippen LogP contribution is 2.27. The Hall–Kier alpha value is -1.38. The summed E-state index contributed by atoms with van der Waals surface area (Å²) in [6.07, 6.45) is 2.13. The molecule has 3 heteroatoms. The largest absolute Gasteiger partial charge is 0.309 e. The monoisotopic (exact) mass is 291 g/mol. The number of hydrogen-bond acceptors (Lipinski definition) is 1. The minimum Gasteiger partial charge on any atom is -0.309 e. The molecule has 1 N–H and O–H groups in total. The van der Waals surface area contributed by atoms with Gasteiger partial charge in [-0.25, -0.2) is 4.39 Å². The number of rotatable bonds is 5. The zero-order valence-electron chi connectivity index (χ0n) is 11.8. The fraction of sp³-hybridized carbons (Fsp3) is 0.294. The molecule has 2 aromatic carbocycles. The number of nitrogens with one attached hydrogen (secondary N) is 1. The van der Waals surface area contributed by atoms with Crippen molar-refractivity contribution in [1.82, 2.24) is 5.32 Å². The van der Waals surface area contributed by atoms with Crippen LogP contribution in [0.2, 0.25) is 5.02 Å². The van der Waals surface area contributed by atoms with Gasteiger partial charge in [-0.3, -0.25) is 0 Å². The van der Waals surface area contributed by atoms with Crippen LogP contribution < -0.4 is 5.32 Å². The van der Waals surface area contributed by atoms with E-state index in [1.807, 2.05) is 19.2 Å². The Kier molecular flexibility index (Phi) is 5.16. The summed E-state index contributed by atoms with van der Waals surface area (Å²) < 4.78 is 14.0. The smallest absolute Gasteiger partial charge is 0.128 e. The zero-order chi connectivity index (χ0) is 14.5. The molecule has 0 aliphatic rings. The van der Waals surface area contributed by atoms with Crippen LogP contribution in [-0.2, 0) is 6.42 Å². The lowest BCUT2D eigenvalue weighted by Crippen LogP contribution is -2.19. The van der Waals surface area contributed by atoms with Crippen molar-refractivity contribution in [2.24, 2.45) is 0 Å². The molecule has 0 fully saturated rings. The second kappa shape index (κ2) is 6.87. The van der Waals surface area contributed by atoms with Crippen molar-refractivity contribution in [2.45, 2.75) is 25.8 Å². The number of aryl methyl sites for hydroxylation is 1. The van der Waals surface area contributed by atoms with Gasteiger partial charge in [0.05, 0.1) is 6.04 Å². The predicted octanol–water partition coefficient (Wildman–Crippen LogP) is 4.74. The summed E-state index contributed by atoms with van der Waals surface area (Å²) in [5.41, 5.74) is 2.90. The van der Waals surface area contributed by atoms with E-state index in [2.05, 4.69) is 24.4 Å². The van der Waals surface area contributed by atoms with Crippen LogP contribution in [0.5, 0.6) is 0 Å². The minimum atomic E-state index is -0.241. The molecule has 20 heavy (non-hydrogen) atoms. The second-order valence-corrected chi connectivity index (χ2v) is 5.32. The van der Waals surface area contributed by atoms with Gasteiger partial charge in [-0.15, -0.1) is 0 Å². The molecule has 0 heterocycles. The maximum atomic E-state index is 14.0. The average Bonchev–Trinajstić information content (AvgIpc) is 2.44. The van der Waals surface area contributed by atoms with Crippen molar-refractivity contribution < 1.29 is 4.39 Å². The first-order valence-corrected chi connectivity index (χ1v) is 7.24. The van der Waals surface area contributed by atoms with Crippen molar-refractivity contribution in [3.8, 4) is 0 Å². The molecule has 1 nitrogen and oxygen atoms in total. The molecule has 0 radical (unpaired) electrons. The van der Waals surface area contributed by atoms with Crippen LogP contribution in [0.15, 0.2) is 42.5 Å². The van der Waals surface area contributed by atoms with Crippen LogP contribution in [0.25, 0.3) is 0 Å². The van der Waals surface area contributed by atoms with Gasteiger partial charge in [0.15, 0.2) is 0 Å². The summed E-state index contributed by atoms with van der Waals surface area (Å²) in [6.45, 7) is 2.15. The topological polar surface area (TPSA) is 12.0 Å². The fourth-order valence-corrected chi connectivity index (χ4v) is 2.63. The summed E-state index contributed by atoms with van der Waals surface area (Å²) in [4.78, 5) is 0. The van der Waals surface area contributed by atoms with E-state index in [-0.39, 0.29) is 11.9 Å². The van der Waals surface area contributed by atoms with Gasteiger partial charge in [-0.1, -0.05) is 49.2 Å². The first-order chi connectivity index (χ1) is 9.65. The molecule has 2 aromatic rings. The Morgan fingerprint density at radius 1 is 1.20 bits per heavy atom. The molecule has 0 bridgehead atoms. The Morgan fingerprint density at radius 3 is 2.70 bits per heavy atom. The molecule has 1 unspecified atom stereocenters. The summed E-state index contributed by atoms with van der Waals surface area (Å²) in [5.74, 6) is -0.241. The molecule has 0 aliphatic heterocycles. The Balaban J connectivity index is 2.41. The Morgan fingerprint density at radius 2 is 2.00 bits per heavy atom. The van der Waals surface area contributed by atoms with E-state index in [0.717, 1.165) is 18.4 Å². The predicted molar refractivity (Wildman–Crippen MR) is 82.7 cm³/mol. The highest BCUT2D eigenvalue weighted by atomic mass is 35.5. The van der Waals surface area contributed by atoms with E-state index in [9.17, 15) is 4.39 Å². The average molecular weight is 292 g/mol. The van der Waals surface area contributed by atoms with Gasteiger partial charge in [0.25, 0.3) is 0 Å². The van der Waals surface area contributed by atoms with Gasteiger partial charge >= 0.3 is 0 Å². The van der Waals surface area contributed by atoms with Crippen molar-refractivity contribution in [3.05, 3.63) is 70.0 Å². The SMILES string of the molecule is CCCc1cccc(C(NC)c2cc(Cl)ccc2F)c1. The highest BCUT2D eigenvalue weighted by molar-refractivity contribution is 6.30. The standard InChI is InChI=1S/C17H19ClFN/c1-3-5-12-6-4-7-13(10-12)17(20-2)15-11-14(18)8-9-16(15)19/h4,6-11,17,20H,3,5H2,1-2H3. The molecule has 0 spiro atoms. The Bertz CT molecular complexity index is 583. The van der Waals surface area contributed by atoms with E-state index in [0.29, 0.717) is 10.6 Å². The third-order valence-corrected chi connectivity index (χ3v) is 3.62. The normalized spacial score (nSPS) is 12.4. The third kappa shape index (κ3) is 3.38. The van der Waals surface area contributed by atoms with Crippen molar-refractivity contribution in [3.63, 3.8) is 0 Å². The maximum absolute atomic E-state index is 14.0. The van der Waals surface area contributed by atoms with Crippen LogP contribution in [-0.4, -0.2) is 7.05 Å². The molecule has 1 atom stereocenters. The van der Waals surface area contributed by atoms with E-state index in [1.165, 1.54) is 11.6 Å². The summed E-state index contributed by atoms with van der Waals surface area (Å²) in [6, 6.07) is 12.8. The molecule has 0 saturated heterocycles. The maximum Gasteiger partial charge on any atom is 0.128 e. The van der Waals surface area contributed by atoms with Crippen LogP contribution in [0.4, 0.5) is 4.39 Å². The van der Waals surface area contributed by atoms with Crippen molar-refractivity contribution in [2.75, 3.05) is 7.05 Å². The lowest BCUT2D eigenvalue weighted by Gasteiger charge is -2.19. The quantitative estimate of drug-likeness (QED) is 0.839. The highest BCUT2D eigenvalue weighted by Gasteiger charge is 2.16. The van der Waals surface area contributed by atoms with Gasteiger partial charge in [0, 0.05) is 10.6 Å². The molecular formula is C17H19ClFN. The number of benzene rings is 2.